The monoisotopic (exact) mass is 461 g/mol. The molecule has 1 aromatic heterocycles. The molecule has 2 heterocycles. The first-order chi connectivity index (χ1) is 15.0. The van der Waals surface area contributed by atoms with Gasteiger partial charge in [0.15, 0.2) is 0 Å². The highest BCUT2D eigenvalue weighted by Gasteiger charge is 2.32. The summed E-state index contributed by atoms with van der Waals surface area (Å²) in [6.07, 6.45) is 5.91. The number of rotatable bonds is 5. The van der Waals surface area contributed by atoms with Crippen molar-refractivity contribution < 1.29 is 14.4 Å². The number of amides is 3. The molecule has 0 bridgehead atoms. The summed E-state index contributed by atoms with van der Waals surface area (Å²) in [5, 5.41) is 14.3. The molecule has 1 aromatic carbocycles. The third kappa shape index (κ3) is 5.40. The Labute approximate surface area is 189 Å². The molecule has 10 heteroatoms. The number of carbonyl (C=O) groups excluding carboxylic acids is 3. The summed E-state index contributed by atoms with van der Waals surface area (Å²) in [4.78, 5) is 39.6. The summed E-state index contributed by atoms with van der Waals surface area (Å²) in [6, 6.07) is 7.03. The first-order valence-electron chi connectivity index (χ1n) is 10.5. The maximum atomic E-state index is 12.9. The van der Waals surface area contributed by atoms with E-state index in [0.717, 1.165) is 49.9 Å². The van der Waals surface area contributed by atoms with Gasteiger partial charge in [-0.3, -0.25) is 14.4 Å². The molecule has 8 nitrogen and oxygen atoms in total. The number of hydrogen-bond donors (Lipinski definition) is 2. The number of nitrogens with one attached hydrogen (secondary N) is 2. The second-order valence-electron chi connectivity index (χ2n) is 7.96. The molecule has 1 saturated heterocycles. The topological polar surface area (TPSA) is 104 Å². The van der Waals surface area contributed by atoms with E-state index in [1.165, 1.54) is 0 Å². The van der Waals surface area contributed by atoms with E-state index in [1.807, 2.05) is 0 Å². The van der Waals surface area contributed by atoms with Gasteiger partial charge in [-0.1, -0.05) is 41.8 Å². The van der Waals surface area contributed by atoms with Crippen LogP contribution < -0.4 is 10.6 Å². The lowest BCUT2D eigenvalue weighted by Gasteiger charge is -2.32. The Balaban J connectivity index is 1.36. The number of hydrogen-bond acceptors (Lipinski definition) is 6. The van der Waals surface area contributed by atoms with Crippen LogP contribution in [-0.2, 0) is 4.79 Å². The number of benzene rings is 1. The van der Waals surface area contributed by atoms with Crippen LogP contribution in [0.3, 0.4) is 0 Å². The van der Waals surface area contributed by atoms with Crippen LogP contribution in [0.2, 0.25) is 5.02 Å². The number of aromatic nitrogens is 2. The molecule has 2 aromatic rings. The maximum absolute atomic E-state index is 12.9. The summed E-state index contributed by atoms with van der Waals surface area (Å²) in [6.45, 7) is 0.927. The molecule has 2 aliphatic rings. The van der Waals surface area contributed by atoms with Crippen molar-refractivity contribution in [3.63, 3.8) is 0 Å². The van der Waals surface area contributed by atoms with Crippen LogP contribution in [0.25, 0.3) is 0 Å². The molecule has 1 saturated carbocycles. The molecule has 1 aliphatic carbocycles. The zero-order valence-corrected chi connectivity index (χ0v) is 18.5. The molecule has 1 atom stereocenters. The molecule has 1 aliphatic heterocycles. The van der Waals surface area contributed by atoms with Crippen LogP contribution in [-0.4, -0.2) is 52.0 Å². The maximum Gasteiger partial charge on any atom is 0.286 e. The van der Waals surface area contributed by atoms with Crippen LogP contribution >= 0.6 is 22.9 Å². The van der Waals surface area contributed by atoms with Gasteiger partial charge >= 0.3 is 0 Å². The molecule has 0 spiro atoms. The van der Waals surface area contributed by atoms with E-state index in [2.05, 4.69) is 20.8 Å². The fourth-order valence-corrected chi connectivity index (χ4v) is 4.95. The van der Waals surface area contributed by atoms with Crippen molar-refractivity contribution in [1.82, 2.24) is 20.4 Å². The van der Waals surface area contributed by atoms with E-state index in [9.17, 15) is 14.4 Å². The third-order valence-corrected chi connectivity index (χ3v) is 6.81. The van der Waals surface area contributed by atoms with E-state index >= 15 is 0 Å². The summed E-state index contributed by atoms with van der Waals surface area (Å²) >= 11 is 6.87. The number of anilines is 1. The van der Waals surface area contributed by atoms with Crippen LogP contribution in [0.1, 0.15) is 58.1 Å². The normalized spacial score (nSPS) is 19.3. The Hall–Kier alpha value is -2.52. The number of piperidine rings is 1. The largest absolute Gasteiger partial charge is 0.353 e. The minimum Gasteiger partial charge on any atom is -0.353 e. The molecular weight excluding hydrogens is 438 g/mol. The Bertz CT molecular complexity index is 975. The fourth-order valence-electron chi connectivity index (χ4n) is 4.05. The van der Waals surface area contributed by atoms with E-state index in [4.69, 9.17) is 11.6 Å². The Morgan fingerprint density at radius 1 is 1.06 bits per heavy atom. The number of carbonyl (C=O) groups is 3. The second kappa shape index (κ2) is 9.74. The average Bonchev–Trinajstić information content (AvgIpc) is 3.46. The minimum absolute atomic E-state index is 0.0308. The van der Waals surface area contributed by atoms with Crippen molar-refractivity contribution in [1.29, 1.82) is 0 Å². The van der Waals surface area contributed by atoms with E-state index in [1.54, 1.807) is 29.2 Å². The lowest BCUT2D eigenvalue weighted by Crippen LogP contribution is -2.47. The van der Waals surface area contributed by atoms with Crippen molar-refractivity contribution in [2.24, 2.45) is 5.92 Å². The van der Waals surface area contributed by atoms with Crippen molar-refractivity contribution in [2.45, 2.75) is 44.6 Å². The first-order valence-corrected chi connectivity index (χ1v) is 11.7. The molecule has 164 valence electrons. The van der Waals surface area contributed by atoms with Gasteiger partial charge in [-0.25, -0.2) is 0 Å². The molecule has 1 unspecified atom stereocenters. The van der Waals surface area contributed by atoms with Crippen molar-refractivity contribution in [2.75, 3.05) is 18.4 Å². The fraction of sp³-hybridized carbons (Fsp3) is 0.476. The molecular formula is C21H24ClN5O3S. The molecule has 3 amide bonds. The minimum atomic E-state index is -0.453. The van der Waals surface area contributed by atoms with Crippen LogP contribution in [0, 0.1) is 5.92 Å². The van der Waals surface area contributed by atoms with Gasteiger partial charge < -0.3 is 15.5 Å². The molecule has 2 fully saturated rings. The van der Waals surface area contributed by atoms with E-state index in [-0.39, 0.29) is 33.8 Å². The molecule has 31 heavy (non-hydrogen) atoms. The van der Waals surface area contributed by atoms with Crippen LogP contribution in [0.4, 0.5) is 5.69 Å². The van der Waals surface area contributed by atoms with Gasteiger partial charge in [0.2, 0.25) is 15.9 Å². The van der Waals surface area contributed by atoms with E-state index in [0.29, 0.717) is 23.8 Å². The van der Waals surface area contributed by atoms with Crippen LogP contribution in [0.5, 0.6) is 0 Å². The lowest BCUT2D eigenvalue weighted by atomic mass is 9.96. The number of nitrogens with zero attached hydrogens (tertiary/aromatic N) is 3. The van der Waals surface area contributed by atoms with E-state index < -0.39 is 5.91 Å². The van der Waals surface area contributed by atoms with Gasteiger partial charge in [0.1, 0.15) is 0 Å². The van der Waals surface area contributed by atoms with Gasteiger partial charge in [0, 0.05) is 29.8 Å². The molecule has 2 N–H and O–H groups in total. The zero-order chi connectivity index (χ0) is 21.8. The van der Waals surface area contributed by atoms with Gasteiger partial charge in [0.25, 0.3) is 11.8 Å². The Morgan fingerprint density at radius 2 is 1.84 bits per heavy atom. The zero-order valence-electron chi connectivity index (χ0n) is 17.0. The highest BCUT2D eigenvalue weighted by Crippen LogP contribution is 2.23. The predicted molar refractivity (Wildman–Crippen MR) is 118 cm³/mol. The Kier molecular flexibility index (Phi) is 6.82. The molecule has 4 rings (SSSR count). The van der Waals surface area contributed by atoms with Crippen molar-refractivity contribution >= 4 is 46.3 Å². The first kappa shape index (κ1) is 21.7. The third-order valence-electron chi connectivity index (χ3n) is 5.67. The average molecular weight is 462 g/mol. The van der Waals surface area contributed by atoms with Gasteiger partial charge in [-0.15, -0.1) is 10.2 Å². The van der Waals surface area contributed by atoms with Gasteiger partial charge in [0.05, 0.1) is 5.92 Å². The molecule has 0 radical (unpaired) electrons. The highest BCUT2D eigenvalue weighted by molar-refractivity contribution is 7.15. The summed E-state index contributed by atoms with van der Waals surface area (Å²) in [7, 11) is 0. The van der Waals surface area contributed by atoms with Crippen molar-refractivity contribution in [3.8, 4) is 0 Å². The quantitative estimate of drug-likeness (QED) is 0.710. The van der Waals surface area contributed by atoms with Gasteiger partial charge in [-0.05, 0) is 43.9 Å². The van der Waals surface area contributed by atoms with Crippen LogP contribution in [0.15, 0.2) is 24.3 Å². The Morgan fingerprint density at radius 3 is 2.61 bits per heavy atom. The lowest BCUT2D eigenvalue weighted by molar-refractivity contribution is -0.127. The predicted octanol–water partition coefficient (Wildman–Crippen LogP) is 3.35. The number of halogens is 1. The smallest absolute Gasteiger partial charge is 0.286 e. The standard InChI is InChI=1S/C21H24ClN5O3S/c22-14-6-3-9-16(11-14)24-18(29)19-25-26-20(31-19)21(30)27-10-4-5-13(12-27)17(28)23-15-7-1-2-8-15/h3,6,9,11,13,15H,1-2,4-5,7-8,10,12H2,(H,23,28)(H,24,29). The SMILES string of the molecule is O=C(Nc1cccc(Cl)c1)c1nnc(C(=O)N2CCCC(C(=O)NC3CCCC3)C2)s1. The summed E-state index contributed by atoms with van der Waals surface area (Å²) < 4.78 is 0. The summed E-state index contributed by atoms with van der Waals surface area (Å²) in [5.41, 5.74) is 0.535. The second-order valence-corrected chi connectivity index (χ2v) is 9.37. The summed E-state index contributed by atoms with van der Waals surface area (Å²) in [5.74, 6) is -0.927. The van der Waals surface area contributed by atoms with Gasteiger partial charge in [-0.2, -0.15) is 0 Å². The number of likely N-dealkylation sites (tertiary alicyclic amines) is 1. The van der Waals surface area contributed by atoms with Crippen molar-refractivity contribution in [3.05, 3.63) is 39.3 Å². The highest BCUT2D eigenvalue weighted by atomic mass is 35.5.